The van der Waals surface area contributed by atoms with Crippen molar-refractivity contribution in [3.63, 3.8) is 0 Å². The van der Waals surface area contributed by atoms with E-state index in [9.17, 15) is 9.90 Å². The first kappa shape index (κ1) is 17.2. The van der Waals surface area contributed by atoms with Crippen molar-refractivity contribution in [1.82, 2.24) is 0 Å². The number of carbonyl (C=O) groups excluding carboxylic acids is 1. The molecule has 134 valence electrons. The number of aliphatic imine (C=N–C) groups is 1. The van der Waals surface area contributed by atoms with Crippen LogP contribution in [0, 0.1) is 6.92 Å². The van der Waals surface area contributed by atoms with Crippen molar-refractivity contribution in [1.29, 1.82) is 0 Å². The van der Waals surface area contributed by atoms with Gasteiger partial charge in [-0.2, -0.15) is 0 Å². The van der Waals surface area contributed by atoms with Crippen molar-refractivity contribution in [3.05, 3.63) is 101 Å². The Balaban J connectivity index is 1.83. The van der Waals surface area contributed by atoms with Crippen LogP contribution in [0.3, 0.4) is 0 Å². The Bertz CT molecular complexity index is 1000. The minimum Gasteiger partial charge on any atom is -0.508 e. The Morgan fingerprint density at radius 2 is 1.74 bits per heavy atom. The van der Waals surface area contributed by atoms with Crippen LogP contribution in [0.15, 0.2) is 77.8 Å². The standard InChI is InChI=1S/C24H21NO2/c1-16-7-8-19-15-23(27)22(14-17-5-3-2-4-6-17)25-24(21(19)13-16)18-9-11-20(26)12-10-18/h2-13,22,26H,14-15H2,1H3. The van der Waals surface area contributed by atoms with Crippen LogP contribution in [0.1, 0.15) is 27.8 Å². The summed E-state index contributed by atoms with van der Waals surface area (Å²) in [7, 11) is 0. The first-order valence-electron chi connectivity index (χ1n) is 9.14. The minimum absolute atomic E-state index is 0.137. The molecule has 1 unspecified atom stereocenters. The molecule has 3 aromatic rings. The smallest absolute Gasteiger partial charge is 0.162 e. The molecule has 1 aliphatic rings. The van der Waals surface area contributed by atoms with Gasteiger partial charge < -0.3 is 5.11 Å². The molecule has 1 atom stereocenters. The summed E-state index contributed by atoms with van der Waals surface area (Å²) in [5.74, 6) is 0.354. The molecule has 0 spiro atoms. The van der Waals surface area contributed by atoms with Gasteiger partial charge in [-0.1, -0.05) is 48.0 Å². The fourth-order valence-corrected chi connectivity index (χ4v) is 3.51. The first-order chi connectivity index (χ1) is 13.1. The molecule has 0 radical (unpaired) electrons. The Morgan fingerprint density at radius 3 is 2.48 bits per heavy atom. The van der Waals surface area contributed by atoms with Gasteiger partial charge in [-0.3, -0.25) is 9.79 Å². The number of carbonyl (C=O) groups is 1. The number of hydrogen-bond donors (Lipinski definition) is 1. The van der Waals surface area contributed by atoms with E-state index in [1.165, 1.54) is 0 Å². The zero-order valence-corrected chi connectivity index (χ0v) is 15.2. The van der Waals surface area contributed by atoms with Crippen LogP contribution < -0.4 is 0 Å². The van der Waals surface area contributed by atoms with Crippen LogP contribution >= 0.6 is 0 Å². The lowest BCUT2D eigenvalue weighted by Crippen LogP contribution is -2.22. The monoisotopic (exact) mass is 355 g/mol. The first-order valence-corrected chi connectivity index (χ1v) is 9.14. The van der Waals surface area contributed by atoms with E-state index in [1.54, 1.807) is 12.1 Å². The molecule has 0 saturated carbocycles. The number of ketones is 1. The van der Waals surface area contributed by atoms with Gasteiger partial charge in [0, 0.05) is 24.0 Å². The Kier molecular flexibility index (Phi) is 4.59. The Morgan fingerprint density at radius 1 is 1.00 bits per heavy atom. The number of rotatable bonds is 3. The Hall–Kier alpha value is -3.20. The van der Waals surface area contributed by atoms with Crippen LogP contribution in [0.2, 0.25) is 0 Å². The third kappa shape index (κ3) is 3.68. The molecule has 4 rings (SSSR count). The van der Waals surface area contributed by atoms with Crippen LogP contribution in [0.25, 0.3) is 0 Å². The van der Waals surface area contributed by atoms with Crippen molar-refractivity contribution in [3.8, 4) is 5.75 Å². The molecule has 0 bridgehead atoms. The second-order valence-electron chi connectivity index (χ2n) is 7.03. The molecule has 0 aromatic heterocycles. The number of phenols is 1. The highest BCUT2D eigenvalue weighted by atomic mass is 16.3. The van der Waals surface area contributed by atoms with Gasteiger partial charge in [-0.15, -0.1) is 0 Å². The molecule has 1 N–H and O–H groups in total. The summed E-state index contributed by atoms with van der Waals surface area (Å²) in [6, 6.07) is 22.8. The molecular weight excluding hydrogens is 334 g/mol. The van der Waals surface area contributed by atoms with Gasteiger partial charge in [-0.05, 0) is 48.4 Å². The summed E-state index contributed by atoms with van der Waals surface area (Å²) < 4.78 is 0. The number of fused-ring (bicyclic) bond motifs is 1. The average Bonchev–Trinajstić information content (AvgIpc) is 2.80. The fourth-order valence-electron chi connectivity index (χ4n) is 3.51. The highest BCUT2D eigenvalue weighted by Gasteiger charge is 2.26. The number of aromatic hydroxyl groups is 1. The molecule has 3 nitrogen and oxygen atoms in total. The molecular formula is C24H21NO2. The zero-order valence-electron chi connectivity index (χ0n) is 15.2. The van der Waals surface area contributed by atoms with E-state index in [4.69, 9.17) is 4.99 Å². The van der Waals surface area contributed by atoms with Crippen LogP contribution in [-0.4, -0.2) is 22.6 Å². The molecule has 3 aromatic carbocycles. The van der Waals surface area contributed by atoms with Crippen LogP contribution in [0.5, 0.6) is 5.75 Å². The minimum atomic E-state index is -0.413. The lowest BCUT2D eigenvalue weighted by atomic mass is 9.93. The second kappa shape index (κ2) is 7.20. The van der Waals surface area contributed by atoms with Gasteiger partial charge in [0.05, 0.1) is 5.71 Å². The molecule has 0 fully saturated rings. The third-order valence-electron chi connectivity index (χ3n) is 4.95. The van der Waals surface area contributed by atoms with Gasteiger partial charge in [0.25, 0.3) is 0 Å². The molecule has 27 heavy (non-hydrogen) atoms. The molecule has 1 heterocycles. The molecule has 0 saturated heterocycles. The number of benzene rings is 3. The molecule has 0 aliphatic carbocycles. The van der Waals surface area contributed by atoms with Gasteiger partial charge >= 0.3 is 0 Å². The molecule has 1 aliphatic heterocycles. The summed E-state index contributed by atoms with van der Waals surface area (Å²) in [5.41, 5.74) is 5.98. The average molecular weight is 355 g/mol. The maximum atomic E-state index is 13.0. The summed E-state index contributed by atoms with van der Waals surface area (Å²) >= 11 is 0. The number of phenolic OH excluding ortho intramolecular Hbond substituents is 1. The van der Waals surface area contributed by atoms with Gasteiger partial charge in [-0.25, -0.2) is 0 Å². The fraction of sp³-hybridized carbons (Fsp3) is 0.167. The molecule has 0 amide bonds. The van der Waals surface area contributed by atoms with E-state index in [2.05, 4.69) is 6.07 Å². The van der Waals surface area contributed by atoms with E-state index >= 15 is 0 Å². The van der Waals surface area contributed by atoms with E-state index in [-0.39, 0.29) is 11.5 Å². The topological polar surface area (TPSA) is 49.7 Å². The molecule has 3 heteroatoms. The van der Waals surface area contributed by atoms with Gasteiger partial charge in [0.15, 0.2) is 5.78 Å². The SMILES string of the molecule is Cc1ccc2c(c1)C(c1ccc(O)cc1)=NC(Cc1ccccc1)C(=O)C2. The van der Waals surface area contributed by atoms with Crippen molar-refractivity contribution in [2.24, 2.45) is 4.99 Å². The lowest BCUT2D eigenvalue weighted by Gasteiger charge is -2.12. The number of nitrogens with zero attached hydrogens (tertiary/aromatic N) is 1. The van der Waals surface area contributed by atoms with E-state index in [0.29, 0.717) is 12.8 Å². The predicted molar refractivity (Wildman–Crippen MR) is 108 cm³/mol. The summed E-state index contributed by atoms with van der Waals surface area (Å²) in [6.07, 6.45) is 0.979. The number of Topliss-reactive ketones (excluding diaryl/α,β-unsaturated/α-hetero) is 1. The van der Waals surface area contributed by atoms with Gasteiger partial charge in [0.2, 0.25) is 0 Å². The van der Waals surface area contributed by atoms with Crippen molar-refractivity contribution in [2.45, 2.75) is 25.8 Å². The van der Waals surface area contributed by atoms with Crippen LogP contribution in [0.4, 0.5) is 0 Å². The van der Waals surface area contributed by atoms with Crippen molar-refractivity contribution >= 4 is 11.5 Å². The van der Waals surface area contributed by atoms with E-state index in [0.717, 1.165) is 33.5 Å². The van der Waals surface area contributed by atoms with Gasteiger partial charge in [0.1, 0.15) is 11.8 Å². The third-order valence-corrected chi connectivity index (χ3v) is 4.95. The van der Waals surface area contributed by atoms with E-state index in [1.807, 2.05) is 61.5 Å². The normalized spacial score (nSPS) is 16.4. The van der Waals surface area contributed by atoms with E-state index < -0.39 is 6.04 Å². The maximum absolute atomic E-state index is 13.0. The maximum Gasteiger partial charge on any atom is 0.162 e. The highest BCUT2D eigenvalue weighted by molar-refractivity contribution is 6.16. The summed E-state index contributed by atoms with van der Waals surface area (Å²) in [4.78, 5) is 17.9. The number of hydrogen-bond acceptors (Lipinski definition) is 3. The Labute approximate surface area is 159 Å². The van der Waals surface area contributed by atoms with Crippen molar-refractivity contribution < 1.29 is 9.90 Å². The predicted octanol–water partition coefficient (Wildman–Crippen LogP) is 4.27. The highest BCUT2D eigenvalue weighted by Crippen LogP contribution is 2.25. The largest absolute Gasteiger partial charge is 0.508 e. The summed E-state index contributed by atoms with van der Waals surface area (Å²) in [6.45, 7) is 2.04. The lowest BCUT2D eigenvalue weighted by molar-refractivity contribution is -0.119. The quantitative estimate of drug-likeness (QED) is 0.762. The van der Waals surface area contributed by atoms with Crippen LogP contribution in [-0.2, 0) is 17.6 Å². The zero-order chi connectivity index (χ0) is 18.8. The van der Waals surface area contributed by atoms with Crippen molar-refractivity contribution in [2.75, 3.05) is 0 Å². The summed E-state index contributed by atoms with van der Waals surface area (Å²) in [5, 5.41) is 9.64. The second-order valence-corrected chi connectivity index (χ2v) is 7.03. The number of aryl methyl sites for hydroxylation is 1.